The molecule has 34 heavy (non-hydrogen) atoms. The molecular formula is C24H27ClN6O3. The van der Waals surface area contributed by atoms with Crippen LogP contribution in [0.2, 0.25) is 5.02 Å². The van der Waals surface area contributed by atoms with Crippen molar-refractivity contribution < 1.29 is 14.6 Å². The van der Waals surface area contributed by atoms with Gasteiger partial charge >= 0.3 is 0 Å². The van der Waals surface area contributed by atoms with E-state index in [9.17, 15) is 5.11 Å². The summed E-state index contributed by atoms with van der Waals surface area (Å²) in [5, 5.41) is 17.0. The van der Waals surface area contributed by atoms with Crippen molar-refractivity contribution in [1.29, 1.82) is 0 Å². The second-order valence-corrected chi connectivity index (χ2v) is 9.26. The Hall–Kier alpha value is -3.14. The lowest BCUT2D eigenvalue weighted by Crippen LogP contribution is -2.52. The summed E-state index contributed by atoms with van der Waals surface area (Å²) in [5.41, 5.74) is 3.73. The lowest BCUT2D eigenvalue weighted by molar-refractivity contribution is 0.0787. The van der Waals surface area contributed by atoms with Crippen molar-refractivity contribution >= 4 is 34.7 Å². The Morgan fingerprint density at radius 1 is 1.26 bits per heavy atom. The number of halogens is 1. The Morgan fingerprint density at radius 2 is 2.09 bits per heavy atom. The van der Waals surface area contributed by atoms with Crippen LogP contribution in [0.15, 0.2) is 36.7 Å². The maximum atomic E-state index is 9.88. The van der Waals surface area contributed by atoms with Crippen LogP contribution in [0.25, 0.3) is 11.3 Å². The van der Waals surface area contributed by atoms with Crippen molar-refractivity contribution in [2.75, 3.05) is 56.0 Å². The van der Waals surface area contributed by atoms with Gasteiger partial charge in [0, 0.05) is 61.7 Å². The van der Waals surface area contributed by atoms with Crippen LogP contribution in [0.5, 0.6) is 5.75 Å². The SMILES string of the molecule is COc1cc(N2CC(OC)C2)c(Cl)cc1Nc1nccc(-c2cnc3c(c2)C(C)(CO)CN3)n1. The molecule has 4 heterocycles. The van der Waals surface area contributed by atoms with Crippen molar-refractivity contribution in [3.05, 3.63) is 47.2 Å². The van der Waals surface area contributed by atoms with Gasteiger partial charge in [-0.2, -0.15) is 0 Å². The number of nitrogens with one attached hydrogen (secondary N) is 2. The molecule has 2 aliphatic rings. The van der Waals surface area contributed by atoms with Gasteiger partial charge in [0.2, 0.25) is 5.95 Å². The molecule has 1 aromatic carbocycles. The molecule has 0 aliphatic carbocycles. The van der Waals surface area contributed by atoms with E-state index in [1.807, 2.05) is 31.2 Å². The summed E-state index contributed by atoms with van der Waals surface area (Å²) in [6.45, 7) is 4.27. The molecule has 0 spiro atoms. The zero-order valence-electron chi connectivity index (χ0n) is 19.3. The Balaban J connectivity index is 1.41. The highest BCUT2D eigenvalue weighted by Crippen LogP contribution is 2.40. The first kappa shape index (κ1) is 22.6. The number of benzene rings is 1. The van der Waals surface area contributed by atoms with E-state index in [0.717, 1.165) is 35.7 Å². The van der Waals surface area contributed by atoms with E-state index in [0.29, 0.717) is 34.6 Å². The summed E-state index contributed by atoms with van der Waals surface area (Å²) in [4.78, 5) is 15.7. The Bertz CT molecular complexity index is 1220. The fourth-order valence-electron chi connectivity index (χ4n) is 4.26. The molecule has 3 N–H and O–H groups in total. The maximum Gasteiger partial charge on any atom is 0.227 e. The number of aromatic nitrogens is 3. The van der Waals surface area contributed by atoms with Gasteiger partial charge in [0.15, 0.2) is 0 Å². The van der Waals surface area contributed by atoms with Crippen molar-refractivity contribution in [3.8, 4) is 17.0 Å². The van der Waals surface area contributed by atoms with E-state index in [-0.39, 0.29) is 18.1 Å². The van der Waals surface area contributed by atoms with Crippen molar-refractivity contribution in [2.45, 2.75) is 18.4 Å². The molecule has 5 rings (SSSR count). The molecule has 1 atom stereocenters. The number of anilines is 4. The number of rotatable bonds is 7. The normalized spacial score (nSPS) is 19.4. The number of ether oxygens (including phenoxy) is 2. The first-order valence-electron chi connectivity index (χ1n) is 11.0. The van der Waals surface area contributed by atoms with Crippen LogP contribution in [0, 0.1) is 0 Å². The average Bonchev–Trinajstić information content (AvgIpc) is 3.16. The zero-order chi connectivity index (χ0) is 23.9. The molecule has 3 aromatic rings. The van der Waals surface area contributed by atoms with Gasteiger partial charge in [-0.25, -0.2) is 15.0 Å². The lowest BCUT2D eigenvalue weighted by Gasteiger charge is -2.40. The molecule has 1 fully saturated rings. The van der Waals surface area contributed by atoms with Gasteiger partial charge in [-0.1, -0.05) is 18.5 Å². The highest BCUT2D eigenvalue weighted by atomic mass is 35.5. The topological polar surface area (TPSA) is 105 Å². The fourth-order valence-corrected chi connectivity index (χ4v) is 4.54. The number of aliphatic hydroxyl groups excluding tert-OH is 1. The van der Waals surface area contributed by atoms with Gasteiger partial charge in [0.1, 0.15) is 11.6 Å². The van der Waals surface area contributed by atoms with Gasteiger partial charge < -0.3 is 30.1 Å². The van der Waals surface area contributed by atoms with E-state index < -0.39 is 0 Å². The van der Waals surface area contributed by atoms with Crippen LogP contribution in [0.4, 0.5) is 23.1 Å². The molecule has 1 unspecified atom stereocenters. The van der Waals surface area contributed by atoms with Gasteiger partial charge in [-0.15, -0.1) is 0 Å². The van der Waals surface area contributed by atoms with Gasteiger partial charge in [-0.3, -0.25) is 0 Å². The maximum absolute atomic E-state index is 9.88. The molecule has 2 aliphatic heterocycles. The summed E-state index contributed by atoms with van der Waals surface area (Å²) >= 11 is 6.59. The van der Waals surface area contributed by atoms with Crippen LogP contribution >= 0.6 is 11.6 Å². The minimum Gasteiger partial charge on any atom is -0.494 e. The molecule has 0 radical (unpaired) electrons. The van der Waals surface area contributed by atoms with E-state index in [4.69, 9.17) is 21.1 Å². The number of hydrogen-bond donors (Lipinski definition) is 3. The third-order valence-electron chi connectivity index (χ3n) is 6.52. The summed E-state index contributed by atoms with van der Waals surface area (Å²) in [5.74, 6) is 1.84. The zero-order valence-corrected chi connectivity index (χ0v) is 20.1. The van der Waals surface area contributed by atoms with E-state index in [2.05, 4.69) is 30.5 Å². The monoisotopic (exact) mass is 482 g/mol. The molecule has 0 amide bonds. The number of methoxy groups -OCH3 is 2. The van der Waals surface area contributed by atoms with Crippen LogP contribution in [-0.2, 0) is 10.2 Å². The van der Waals surface area contributed by atoms with E-state index in [1.54, 1.807) is 26.6 Å². The molecular weight excluding hydrogens is 456 g/mol. The Kier molecular flexibility index (Phi) is 5.93. The third kappa shape index (κ3) is 4.00. The molecule has 1 saturated heterocycles. The second-order valence-electron chi connectivity index (χ2n) is 8.85. The van der Waals surface area contributed by atoms with Crippen molar-refractivity contribution in [3.63, 3.8) is 0 Å². The number of pyridine rings is 1. The minimum absolute atomic E-state index is 0.0365. The Labute approximate surface area is 203 Å². The predicted octanol–water partition coefficient (Wildman–Crippen LogP) is 3.45. The standard InChI is InChI=1S/C24H27ClN6O3/c1-24(13-32)12-28-22-16(24)6-14(9-27-22)18-4-5-26-23(29-18)30-19-7-17(25)20(8-21(19)34-3)31-10-15(11-31)33-2/h4-9,15,32H,10-13H2,1-3H3,(H,27,28)(H,26,29,30). The molecule has 0 saturated carbocycles. The largest absolute Gasteiger partial charge is 0.494 e. The molecule has 178 valence electrons. The van der Waals surface area contributed by atoms with Crippen LogP contribution in [-0.4, -0.2) is 66.6 Å². The first-order chi connectivity index (χ1) is 16.4. The number of aliphatic hydroxyl groups is 1. The molecule has 9 nitrogen and oxygen atoms in total. The fraction of sp³-hybridized carbons (Fsp3) is 0.375. The highest BCUT2D eigenvalue weighted by molar-refractivity contribution is 6.33. The quantitative estimate of drug-likeness (QED) is 0.467. The first-order valence-corrected chi connectivity index (χ1v) is 11.4. The van der Waals surface area contributed by atoms with E-state index in [1.165, 1.54) is 0 Å². The average molecular weight is 483 g/mol. The predicted molar refractivity (Wildman–Crippen MR) is 132 cm³/mol. The minimum atomic E-state index is -0.377. The molecule has 2 aromatic heterocycles. The Morgan fingerprint density at radius 3 is 2.82 bits per heavy atom. The summed E-state index contributed by atoms with van der Waals surface area (Å²) < 4.78 is 11.0. The summed E-state index contributed by atoms with van der Waals surface area (Å²) in [6.07, 6.45) is 3.68. The van der Waals surface area contributed by atoms with Crippen LogP contribution < -0.4 is 20.3 Å². The molecule has 10 heteroatoms. The van der Waals surface area contributed by atoms with Crippen molar-refractivity contribution in [1.82, 2.24) is 15.0 Å². The van der Waals surface area contributed by atoms with Gasteiger partial charge in [0.05, 0.1) is 41.9 Å². The highest BCUT2D eigenvalue weighted by Gasteiger charge is 2.35. The van der Waals surface area contributed by atoms with E-state index >= 15 is 0 Å². The third-order valence-corrected chi connectivity index (χ3v) is 6.82. The summed E-state index contributed by atoms with van der Waals surface area (Å²) in [7, 11) is 3.33. The number of hydrogen-bond acceptors (Lipinski definition) is 9. The van der Waals surface area contributed by atoms with Gasteiger partial charge in [-0.05, 0) is 18.2 Å². The number of fused-ring (bicyclic) bond motifs is 1. The molecule has 0 bridgehead atoms. The van der Waals surface area contributed by atoms with Crippen LogP contribution in [0.1, 0.15) is 12.5 Å². The second kappa shape index (κ2) is 8.90. The van der Waals surface area contributed by atoms with Crippen molar-refractivity contribution in [2.24, 2.45) is 0 Å². The van der Waals surface area contributed by atoms with Crippen LogP contribution in [0.3, 0.4) is 0 Å². The lowest BCUT2D eigenvalue weighted by atomic mass is 9.85. The summed E-state index contributed by atoms with van der Waals surface area (Å²) in [6, 6.07) is 7.59. The smallest absolute Gasteiger partial charge is 0.227 e. The van der Waals surface area contributed by atoms with Gasteiger partial charge in [0.25, 0.3) is 0 Å². The number of nitrogens with zero attached hydrogens (tertiary/aromatic N) is 4.